The molecule has 0 heterocycles. The molecule has 0 saturated carbocycles. The summed E-state index contributed by atoms with van der Waals surface area (Å²) in [7, 11) is 0. The lowest BCUT2D eigenvalue weighted by Gasteiger charge is -2.02. The van der Waals surface area contributed by atoms with Crippen molar-refractivity contribution < 1.29 is 0 Å². The molecule has 11 heavy (non-hydrogen) atoms. The fraction of sp³-hybridized carbons (Fsp3) is 0.0909. The van der Waals surface area contributed by atoms with E-state index >= 15 is 0 Å². The average Bonchev–Trinajstić information content (AvgIpc) is 2.40. The summed E-state index contributed by atoms with van der Waals surface area (Å²) in [5.41, 5.74) is 3.81. The lowest BCUT2D eigenvalue weighted by molar-refractivity contribution is 1.26. The van der Waals surface area contributed by atoms with E-state index in [1.54, 1.807) is 0 Å². The number of hydrogen-bond acceptors (Lipinski definition) is 0. The molecule has 0 heteroatoms. The molecule has 0 aromatic heterocycles. The van der Waals surface area contributed by atoms with Crippen molar-refractivity contribution in [1.29, 1.82) is 0 Å². The lowest BCUT2D eigenvalue weighted by atomic mass is 10.0. The fourth-order valence-corrected chi connectivity index (χ4v) is 1.39. The van der Waals surface area contributed by atoms with Crippen molar-refractivity contribution in [1.82, 2.24) is 0 Å². The molecule has 54 valence electrons. The number of hydrogen-bond donors (Lipinski definition) is 0. The van der Waals surface area contributed by atoms with Gasteiger partial charge >= 0.3 is 0 Å². The molecular weight excluding hydrogens is 132 g/mol. The molecule has 0 amide bonds. The van der Waals surface area contributed by atoms with Crippen LogP contribution in [-0.2, 0) is 0 Å². The Bertz CT molecular complexity index is 309. The Morgan fingerprint density at radius 2 is 2.09 bits per heavy atom. The highest BCUT2D eigenvalue weighted by atomic mass is 14.1. The second kappa shape index (κ2) is 2.39. The molecule has 0 saturated heterocycles. The second-order valence-corrected chi connectivity index (χ2v) is 2.80. The van der Waals surface area contributed by atoms with Gasteiger partial charge in [0.05, 0.1) is 0 Å². The number of allylic oxidation sites excluding steroid dienone is 9. The van der Waals surface area contributed by atoms with Crippen LogP contribution in [0, 0.1) is 0 Å². The second-order valence-electron chi connectivity index (χ2n) is 2.80. The molecule has 2 aliphatic carbocycles. The first kappa shape index (κ1) is 6.41. The van der Waals surface area contributed by atoms with Crippen LogP contribution in [0.2, 0.25) is 0 Å². The number of rotatable bonds is 0. The summed E-state index contributed by atoms with van der Waals surface area (Å²) in [5, 5.41) is 0. The maximum Gasteiger partial charge on any atom is -0.00940 e. The van der Waals surface area contributed by atoms with Gasteiger partial charge in [0.15, 0.2) is 0 Å². The molecule has 2 rings (SSSR count). The van der Waals surface area contributed by atoms with E-state index in [1.165, 1.54) is 16.7 Å². The summed E-state index contributed by atoms with van der Waals surface area (Å²) >= 11 is 0. The van der Waals surface area contributed by atoms with Gasteiger partial charge in [0.2, 0.25) is 0 Å². The summed E-state index contributed by atoms with van der Waals surface area (Å²) in [6.07, 6.45) is 13.7. The van der Waals surface area contributed by atoms with Crippen LogP contribution in [0.15, 0.2) is 59.8 Å². The minimum atomic E-state index is 0.980. The van der Waals surface area contributed by atoms with E-state index in [0.29, 0.717) is 0 Å². The molecule has 0 fully saturated rings. The summed E-state index contributed by atoms with van der Waals surface area (Å²) in [4.78, 5) is 0. The Labute approximate surface area is 66.9 Å². The topological polar surface area (TPSA) is 0 Å². The third kappa shape index (κ3) is 1.01. The van der Waals surface area contributed by atoms with Crippen molar-refractivity contribution in [3.63, 3.8) is 0 Å². The van der Waals surface area contributed by atoms with Crippen molar-refractivity contribution in [2.24, 2.45) is 0 Å². The van der Waals surface area contributed by atoms with Crippen LogP contribution in [0.1, 0.15) is 6.42 Å². The zero-order valence-electron chi connectivity index (χ0n) is 6.38. The first-order valence-electron chi connectivity index (χ1n) is 3.81. The van der Waals surface area contributed by atoms with Gasteiger partial charge in [-0.05, 0) is 23.1 Å². The smallest absolute Gasteiger partial charge is 0.00940 e. The standard InChI is InChI=1S/C11H10/c1-9-5-2-3-6-10-7-4-8-11(9)10/h2-4,6-8H,1,5H2. The molecule has 0 bridgehead atoms. The van der Waals surface area contributed by atoms with Gasteiger partial charge in [0.25, 0.3) is 0 Å². The third-order valence-corrected chi connectivity index (χ3v) is 2.01. The predicted molar refractivity (Wildman–Crippen MR) is 48.2 cm³/mol. The quantitative estimate of drug-likeness (QED) is 0.488. The van der Waals surface area contributed by atoms with E-state index in [1.807, 2.05) is 0 Å². The summed E-state index contributed by atoms with van der Waals surface area (Å²) in [6.45, 7) is 4.02. The molecule has 0 spiro atoms. The molecule has 0 unspecified atom stereocenters. The van der Waals surface area contributed by atoms with Crippen LogP contribution in [0.5, 0.6) is 0 Å². The van der Waals surface area contributed by atoms with Crippen LogP contribution in [0.3, 0.4) is 0 Å². The minimum Gasteiger partial charge on any atom is -0.0949 e. The van der Waals surface area contributed by atoms with Crippen LogP contribution < -0.4 is 0 Å². The predicted octanol–water partition coefficient (Wildman–Crippen LogP) is 2.93. The highest BCUT2D eigenvalue weighted by molar-refractivity contribution is 5.59. The van der Waals surface area contributed by atoms with Crippen molar-refractivity contribution >= 4 is 0 Å². The lowest BCUT2D eigenvalue weighted by Crippen LogP contribution is -1.84. The zero-order valence-corrected chi connectivity index (χ0v) is 6.38. The van der Waals surface area contributed by atoms with Gasteiger partial charge in [0, 0.05) is 0 Å². The largest absolute Gasteiger partial charge is 0.0949 e. The van der Waals surface area contributed by atoms with Crippen LogP contribution >= 0.6 is 0 Å². The van der Waals surface area contributed by atoms with E-state index in [0.717, 1.165) is 6.42 Å². The van der Waals surface area contributed by atoms with Gasteiger partial charge in [-0.15, -0.1) is 0 Å². The van der Waals surface area contributed by atoms with Crippen LogP contribution in [0.4, 0.5) is 0 Å². The highest BCUT2D eigenvalue weighted by Crippen LogP contribution is 2.28. The monoisotopic (exact) mass is 142 g/mol. The molecule has 0 N–H and O–H groups in total. The molecule has 2 aliphatic rings. The molecule has 0 nitrogen and oxygen atoms in total. The highest BCUT2D eigenvalue weighted by Gasteiger charge is 2.09. The molecule has 0 aliphatic heterocycles. The summed E-state index contributed by atoms with van der Waals surface area (Å²) in [6, 6.07) is 0. The van der Waals surface area contributed by atoms with Gasteiger partial charge in [0.1, 0.15) is 0 Å². The Morgan fingerprint density at radius 3 is 3.00 bits per heavy atom. The van der Waals surface area contributed by atoms with E-state index in [2.05, 4.69) is 43.0 Å². The molecule has 0 atom stereocenters. The third-order valence-electron chi connectivity index (χ3n) is 2.01. The van der Waals surface area contributed by atoms with Crippen molar-refractivity contribution in [2.45, 2.75) is 6.42 Å². The SMILES string of the molecule is C=C1CC=CC=C2C=CC=C12. The maximum atomic E-state index is 4.02. The van der Waals surface area contributed by atoms with Crippen LogP contribution in [0.25, 0.3) is 0 Å². The van der Waals surface area contributed by atoms with Gasteiger partial charge in [-0.3, -0.25) is 0 Å². The Kier molecular flexibility index (Phi) is 1.39. The van der Waals surface area contributed by atoms with E-state index < -0.39 is 0 Å². The van der Waals surface area contributed by atoms with Crippen LogP contribution in [-0.4, -0.2) is 0 Å². The first-order chi connectivity index (χ1) is 5.38. The normalized spacial score (nSPS) is 20.9. The van der Waals surface area contributed by atoms with Crippen molar-refractivity contribution in [2.75, 3.05) is 0 Å². The van der Waals surface area contributed by atoms with Crippen molar-refractivity contribution in [3.05, 3.63) is 59.8 Å². The Hall–Kier alpha value is -1.30. The zero-order chi connectivity index (χ0) is 7.68. The van der Waals surface area contributed by atoms with Gasteiger partial charge in [-0.1, -0.05) is 43.0 Å². The van der Waals surface area contributed by atoms with Gasteiger partial charge in [-0.2, -0.15) is 0 Å². The van der Waals surface area contributed by atoms with E-state index in [-0.39, 0.29) is 0 Å². The summed E-state index contributed by atoms with van der Waals surface area (Å²) < 4.78 is 0. The number of fused-ring (bicyclic) bond motifs is 1. The minimum absolute atomic E-state index is 0.980. The maximum absolute atomic E-state index is 4.02. The molecule has 0 aromatic rings. The first-order valence-corrected chi connectivity index (χ1v) is 3.81. The Morgan fingerprint density at radius 1 is 1.18 bits per heavy atom. The average molecular weight is 142 g/mol. The molecular formula is C11H10. The van der Waals surface area contributed by atoms with E-state index in [9.17, 15) is 0 Å². The summed E-state index contributed by atoms with van der Waals surface area (Å²) in [5.74, 6) is 0. The fourth-order valence-electron chi connectivity index (χ4n) is 1.39. The Balaban J connectivity index is 2.47. The van der Waals surface area contributed by atoms with E-state index in [4.69, 9.17) is 0 Å². The van der Waals surface area contributed by atoms with Gasteiger partial charge < -0.3 is 0 Å². The van der Waals surface area contributed by atoms with Crippen molar-refractivity contribution in [3.8, 4) is 0 Å². The molecule has 0 aromatic carbocycles. The molecule has 0 radical (unpaired) electrons. The van der Waals surface area contributed by atoms with Gasteiger partial charge in [-0.25, -0.2) is 0 Å².